The van der Waals surface area contributed by atoms with E-state index in [-0.39, 0.29) is 16.1 Å². The highest BCUT2D eigenvalue weighted by atomic mass is 32.2. The topological polar surface area (TPSA) is 104 Å². The number of benzene rings is 3. The molecular formula is C22H18F3N3O4S. The van der Waals surface area contributed by atoms with Crippen molar-refractivity contribution in [2.45, 2.75) is 18.0 Å². The highest BCUT2D eigenvalue weighted by molar-refractivity contribution is 7.92. The number of alkyl halides is 3. The van der Waals surface area contributed by atoms with Crippen LogP contribution in [0.5, 0.6) is 0 Å². The monoisotopic (exact) mass is 477 g/mol. The van der Waals surface area contributed by atoms with E-state index in [4.69, 9.17) is 0 Å². The van der Waals surface area contributed by atoms with Crippen LogP contribution in [0.15, 0.2) is 77.7 Å². The van der Waals surface area contributed by atoms with E-state index in [1.807, 2.05) is 0 Å². The molecule has 0 spiro atoms. The molecule has 0 atom stereocenters. The van der Waals surface area contributed by atoms with E-state index in [0.717, 1.165) is 23.8 Å². The number of nitrogens with one attached hydrogen (secondary N) is 3. The lowest BCUT2D eigenvalue weighted by atomic mass is 10.1. The second-order valence-electron chi connectivity index (χ2n) is 6.99. The number of halogens is 3. The minimum absolute atomic E-state index is 0.0912. The summed E-state index contributed by atoms with van der Waals surface area (Å²) in [6.45, 7) is 1.80. The van der Waals surface area contributed by atoms with Crippen LogP contribution in [0.4, 0.5) is 18.9 Å². The molecule has 0 aliphatic carbocycles. The van der Waals surface area contributed by atoms with Gasteiger partial charge in [0.05, 0.1) is 10.5 Å². The SMILES string of the molecule is Cc1cccc(C(=O)NNC(=O)c2cccc(S(=O)(=O)Nc3cccc(C(F)(F)F)c3)c2)c1. The summed E-state index contributed by atoms with van der Waals surface area (Å²) in [5.74, 6) is -1.35. The Morgan fingerprint density at radius 2 is 1.36 bits per heavy atom. The van der Waals surface area contributed by atoms with Crippen molar-refractivity contribution in [1.82, 2.24) is 10.9 Å². The lowest BCUT2D eigenvalue weighted by molar-refractivity contribution is -0.137. The van der Waals surface area contributed by atoms with Gasteiger partial charge in [-0.1, -0.05) is 29.8 Å². The number of hydrogen-bond acceptors (Lipinski definition) is 4. The lowest BCUT2D eigenvalue weighted by Gasteiger charge is -2.12. The molecule has 3 N–H and O–H groups in total. The zero-order valence-corrected chi connectivity index (χ0v) is 17.9. The molecule has 3 rings (SSSR count). The quantitative estimate of drug-likeness (QED) is 0.485. The summed E-state index contributed by atoms with van der Waals surface area (Å²) in [6, 6.07) is 15.2. The zero-order chi connectivity index (χ0) is 24.2. The predicted octanol–water partition coefficient (Wildman–Crippen LogP) is 3.89. The fourth-order valence-electron chi connectivity index (χ4n) is 2.82. The Kier molecular flexibility index (Phi) is 6.73. The maximum absolute atomic E-state index is 12.9. The first-order valence-electron chi connectivity index (χ1n) is 9.43. The molecule has 33 heavy (non-hydrogen) atoms. The van der Waals surface area contributed by atoms with Crippen LogP contribution >= 0.6 is 0 Å². The molecular weight excluding hydrogens is 459 g/mol. The Morgan fingerprint density at radius 3 is 1.97 bits per heavy atom. The summed E-state index contributed by atoms with van der Waals surface area (Å²) in [4.78, 5) is 24.2. The summed E-state index contributed by atoms with van der Waals surface area (Å²) in [5, 5.41) is 0. The second-order valence-corrected chi connectivity index (χ2v) is 8.67. The van der Waals surface area contributed by atoms with Gasteiger partial charge in [0.25, 0.3) is 21.8 Å². The standard InChI is InChI=1S/C22H18F3N3O4S/c1-14-5-2-6-15(11-14)20(29)26-27-21(30)16-7-3-10-19(12-16)33(31,32)28-18-9-4-8-17(13-18)22(23,24)25/h2-13,28H,1H3,(H,26,29)(H,27,30). The van der Waals surface area contributed by atoms with E-state index in [0.29, 0.717) is 11.6 Å². The van der Waals surface area contributed by atoms with Crippen LogP contribution in [-0.4, -0.2) is 20.2 Å². The summed E-state index contributed by atoms with van der Waals surface area (Å²) in [7, 11) is -4.30. The summed E-state index contributed by atoms with van der Waals surface area (Å²) in [6.07, 6.45) is -4.64. The molecule has 172 valence electrons. The van der Waals surface area contributed by atoms with Gasteiger partial charge in [-0.15, -0.1) is 0 Å². The zero-order valence-electron chi connectivity index (χ0n) is 17.1. The number of carbonyl (C=O) groups is 2. The Bertz CT molecular complexity index is 1310. The van der Waals surface area contributed by atoms with E-state index in [2.05, 4.69) is 15.6 Å². The molecule has 0 radical (unpaired) electrons. The van der Waals surface area contributed by atoms with Crippen molar-refractivity contribution in [1.29, 1.82) is 0 Å². The number of aryl methyl sites for hydroxylation is 1. The Balaban J connectivity index is 1.73. The molecule has 0 heterocycles. The van der Waals surface area contributed by atoms with E-state index < -0.39 is 33.6 Å². The largest absolute Gasteiger partial charge is 0.416 e. The highest BCUT2D eigenvalue weighted by Gasteiger charge is 2.30. The first-order valence-corrected chi connectivity index (χ1v) is 10.9. The lowest BCUT2D eigenvalue weighted by Crippen LogP contribution is -2.41. The van der Waals surface area contributed by atoms with E-state index in [1.165, 1.54) is 24.3 Å². The number of sulfonamides is 1. The van der Waals surface area contributed by atoms with Crippen molar-refractivity contribution in [2.24, 2.45) is 0 Å². The molecule has 11 heteroatoms. The van der Waals surface area contributed by atoms with Crippen LogP contribution in [0.1, 0.15) is 31.8 Å². The van der Waals surface area contributed by atoms with Gasteiger partial charge in [-0.25, -0.2) is 8.42 Å². The van der Waals surface area contributed by atoms with Crippen LogP contribution in [0.2, 0.25) is 0 Å². The van der Waals surface area contributed by atoms with Crippen molar-refractivity contribution in [3.05, 3.63) is 95.1 Å². The van der Waals surface area contributed by atoms with Gasteiger partial charge in [0.2, 0.25) is 0 Å². The minimum Gasteiger partial charge on any atom is -0.280 e. The summed E-state index contributed by atoms with van der Waals surface area (Å²) in [5.41, 5.74) is 4.20. The smallest absolute Gasteiger partial charge is 0.280 e. The number of rotatable bonds is 5. The number of amides is 2. The van der Waals surface area contributed by atoms with Gasteiger partial charge in [-0.2, -0.15) is 13.2 Å². The third-order valence-corrected chi connectivity index (χ3v) is 5.80. The third kappa shape index (κ3) is 6.10. The summed E-state index contributed by atoms with van der Waals surface area (Å²) >= 11 is 0. The van der Waals surface area contributed by atoms with Gasteiger partial charge in [0, 0.05) is 16.8 Å². The average Bonchev–Trinajstić information content (AvgIpc) is 2.76. The molecule has 0 saturated heterocycles. The van der Waals surface area contributed by atoms with Gasteiger partial charge in [0.15, 0.2) is 0 Å². The fraction of sp³-hybridized carbons (Fsp3) is 0.0909. The van der Waals surface area contributed by atoms with Gasteiger partial charge in [0.1, 0.15) is 0 Å². The first kappa shape index (κ1) is 23.8. The highest BCUT2D eigenvalue weighted by Crippen LogP contribution is 2.31. The molecule has 3 aromatic rings. The number of carbonyl (C=O) groups excluding carboxylic acids is 2. The number of hydrazine groups is 1. The van der Waals surface area contributed by atoms with Crippen LogP contribution < -0.4 is 15.6 Å². The normalized spacial score (nSPS) is 11.5. The van der Waals surface area contributed by atoms with Gasteiger partial charge < -0.3 is 0 Å². The van der Waals surface area contributed by atoms with Gasteiger partial charge >= 0.3 is 6.18 Å². The first-order chi connectivity index (χ1) is 15.5. The average molecular weight is 477 g/mol. The minimum atomic E-state index is -4.64. The van der Waals surface area contributed by atoms with Crippen molar-refractivity contribution in [3.8, 4) is 0 Å². The van der Waals surface area contributed by atoms with Crippen LogP contribution in [-0.2, 0) is 16.2 Å². The number of hydrogen-bond donors (Lipinski definition) is 3. The van der Waals surface area contributed by atoms with E-state index in [9.17, 15) is 31.2 Å². The van der Waals surface area contributed by atoms with Crippen LogP contribution in [0.25, 0.3) is 0 Å². The molecule has 0 saturated carbocycles. The second kappa shape index (κ2) is 9.33. The Labute approximate surface area is 187 Å². The molecule has 7 nitrogen and oxygen atoms in total. The molecule has 0 bridgehead atoms. The Morgan fingerprint density at radius 1 is 0.788 bits per heavy atom. The molecule has 3 aromatic carbocycles. The van der Waals surface area contributed by atoms with Crippen LogP contribution in [0, 0.1) is 6.92 Å². The third-order valence-electron chi connectivity index (χ3n) is 4.42. The molecule has 0 unspecified atom stereocenters. The predicted molar refractivity (Wildman–Crippen MR) is 115 cm³/mol. The maximum atomic E-state index is 12.9. The fourth-order valence-corrected chi connectivity index (χ4v) is 3.92. The van der Waals surface area contributed by atoms with Crippen LogP contribution in [0.3, 0.4) is 0 Å². The number of anilines is 1. The van der Waals surface area contributed by atoms with Gasteiger partial charge in [-0.05, 0) is 55.5 Å². The van der Waals surface area contributed by atoms with Crippen molar-refractivity contribution in [2.75, 3.05) is 4.72 Å². The Hall–Kier alpha value is -3.86. The molecule has 0 aromatic heterocycles. The van der Waals surface area contributed by atoms with E-state index >= 15 is 0 Å². The molecule has 0 aliphatic heterocycles. The van der Waals surface area contributed by atoms with Crippen molar-refractivity contribution < 1.29 is 31.2 Å². The van der Waals surface area contributed by atoms with Crippen molar-refractivity contribution >= 4 is 27.5 Å². The van der Waals surface area contributed by atoms with E-state index in [1.54, 1.807) is 31.2 Å². The van der Waals surface area contributed by atoms with Crippen molar-refractivity contribution in [3.63, 3.8) is 0 Å². The molecule has 0 aliphatic rings. The summed E-state index contributed by atoms with van der Waals surface area (Å²) < 4.78 is 65.9. The molecule has 0 fully saturated rings. The maximum Gasteiger partial charge on any atom is 0.416 e. The van der Waals surface area contributed by atoms with Gasteiger partial charge in [-0.3, -0.25) is 25.2 Å². The molecule has 2 amide bonds.